The topological polar surface area (TPSA) is 35.2 Å². The molecule has 4 heteroatoms. The molecule has 2 N–H and O–H groups in total. The maximum Gasteiger partial charge on any atom is 0.123 e. The molecular weight excluding hydrogens is 338 g/mol. The summed E-state index contributed by atoms with van der Waals surface area (Å²) < 4.78 is 6.86. The zero-order valence-corrected chi connectivity index (χ0v) is 13.7. The first-order valence-electron chi connectivity index (χ1n) is 6.46. The van der Waals surface area contributed by atoms with Crippen LogP contribution < -0.4 is 10.5 Å². The van der Waals surface area contributed by atoms with Crippen molar-refractivity contribution in [1.82, 2.24) is 0 Å². The van der Waals surface area contributed by atoms with Crippen LogP contribution in [0, 0.1) is 6.92 Å². The predicted molar refractivity (Wildman–Crippen MR) is 87.4 cm³/mol. The molecule has 0 spiro atoms. The van der Waals surface area contributed by atoms with Crippen molar-refractivity contribution in [2.75, 3.05) is 6.54 Å². The van der Waals surface area contributed by atoms with Gasteiger partial charge in [0.2, 0.25) is 0 Å². The van der Waals surface area contributed by atoms with Gasteiger partial charge in [-0.05, 0) is 43.7 Å². The molecule has 0 aliphatic heterocycles. The number of hydrogen-bond acceptors (Lipinski definition) is 2. The first-order valence-corrected chi connectivity index (χ1v) is 7.63. The van der Waals surface area contributed by atoms with Gasteiger partial charge >= 0.3 is 0 Å². The summed E-state index contributed by atoms with van der Waals surface area (Å²) >= 11 is 9.59. The second kappa shape index (κ2) is 7.11. The van der Waals surface area contributed by atoms with E-state index in [0.717, 1.165) is 27.8 Å². The van der Waals surface area contributed by atoms with Gasteiger partial charge in [0.25, 0.3) is 0 Å². The van der Waals surface area contributed by atoms with Crippen molar-refractivity contribution in [2.45, 2.75) is 20.0 Å². The minimum absolute atomic E-state index is 0.451. The molecule has 0 aliphatic carbocycles. The van der Waals surface area contributed by atoms with Crippen molar-refractivity contribution >= 4 is 27.5 Å². The molecule has 0 unspecified atom stereocenters. The normalized spacial score (nSPS) is 10.6. The van der Waals surface area contributed by atoms with Crippen LogP contribution in [0.5, 0.6) is 5.75 Å². The van der Waals surface area contributed by atoms with Crippen LogP contribution in [-0.2, 0) is 13.0 Å². The Kier molecular flexibility index (Phi) is 5.46. The number of rotatable bonds is 5. The summed E-state index contributed by atoms with van der Waals surface area (Å²) in [6, 6.07) is 11.9. The second-order valence-corrected chi connectivity index (χ2v) is 6.00. The Labute approximate surface area is 133 Å². The number of ether oxygens (including phenoxy) is 1. The Morgan fingerprint density at radius 1 is 1.15 bits per heavy atom. The Morgan fingerprint density at radius 3 is 2.65 bits per heavy atom. The van der Waals surface area contributed by atoms with E-state index >= 15 is 0 Å². The molecule has 0 atom stereocenters. The van der Waals surface area contributed by atoms with Crippen molar-refractivity contribution < 1.29 is 4.74 Å². The summed E-state index contributed by atoms with van der Waals surface area (Å²) in [5, 5.41) is 0.701. The van der Waals surface area contributed by atoms with Gasteiger partial charge in [-0.2, -0.15) is 0 Å². The predicted octanol–water partition coefficient (Wildman–Crippen LogP) is 4.49. The number of hydrogen-bond donors (Lipinski definition) is 1. The van der Waals surface area contributed by atoms with E-state index in [1.807, 2.05) is 30.3 Å². The maximum absolute atomic E-state index is 6.19. The van der Waals surface area contributed by atoms with E-state index in [-0.39, 0.29) is 0 Å². The molecule has 2 nitrogen and oxygen atoms in total. The third-order valence-electron chi connectivity index (χ3n) is 3.03. The molecule has 0 aromatic heterocycles. The van der Waals surface area contributed by atoms with E-state index in [0.29, 0.717) is 18.2 Å². The third kappa shape index (κ3) is 3.98. The number of aryl methyl sites for hydroxylation is 1. The first kappa shape index (κ1) is 15.4. The van der Waals surface area contributed by atoms with Gasteiger partial charge in [-0.15, -0.1) is 0 Å². The monoisotopic (exact) mass is 353 g/mol. The maximum atomic E-state index is 6.19. The van der Waals surface area contributed by atoms with Gasteiger partial charge < -0.3 is 10.5 Å². The molecule has 0 saturated carbocycles. The van der Waals surface area contributed by atoms with Crippen LogP contribution in [0.4, 0.5) is 0 Å². The molecule has 20 heavy (non-hydrogen) atoms. The summed E-state index contributed by atoms with van der Waals surface area (Å²) in [6.45, 7) is 3.13. The van der Waals surface area contributed by atoms with Crippen molar-refractivity contribution in [1.29, 1.82) is 0 Å². The lowest BCUT2D eigenvalue weighted by molar-refractivity contribution is 0.303. The highest BCUT2D eigenvalue weighted by atomic mass is 79.9. The molecule has 0 heterocycles. The van der Waals surface area contributed by atoms with Crippen LogP contribution in [0.3, 0.4) is 0 Å². The first-order chi connectivity index (χ1) is 9.60. The molecule has 0 radical (unpaired) electrons. The lowest BCUT2D eigenvalue weighted by Crippen LogP contribution is -2.06. The average molecular weight is 355 g/mol. The summed E-state index contributed by atoms with van der Waals surface area (Å²) in [4.78, 5) is 0. The number of benzene rings is 2. The lowest BCUT2D eigenvalue weighted by Gasteiger charge is -2.13. The number of nitrogens with two attached hydrogens (primary N) is 1. The smallest absolute Gasteiger partial charge is 0.123 e. The van der Waals surface area contributed by atoms with Crippen molar-refractivity contribution in [3.8, 4) is 5.75 Å². The third-order valence-corrected chi connectivity index (χ3v) is 3.87. The van der Waals surface area contributed by atoms with Gasteiger partial charge in [0.05, 0.1) is 0 Å². The van der Waals surface area contributed by atoms with Gasteiger partial charge in [0.15, 0.2) is 0 Å². The Morgan fingerprint density at radius 2 is 1.95 bits per heavy atom. The largest absolute Gasteiger partial charge is 0.489 e. The molecule has 2 aromatic carbocycles. The highest BCUT2D eigenvalue weighted by molar-refractivity contribution is 9.10. The van der Waals surface area contributed by atoms with Crippen LogP contribution in [0.1, 0.15) is 16.7 Å². The molecule has 0 aliphatic rings. The highest BCUT2D eigenvalue weighted by Crippen LogP contribution is 2.25. The molecule has 106 valence electrons. The van der Waals surface area contributed by atoms with Gasteiger partial charge in [0, 0.05) is 15.1 Å². The molecule has 0 bridgehead atoms. The average Bonchev–Trinajstić information content (AvgIpc) is 2.40. The Bertz CT molecular complexity index is 601. The van der Waals surface area contributed by atoms with Gasteiger partial charge in [-0.25, -0.2) is 0 Å². The Hall–Kier alpha value is -1.03. The van der Waals surface area contributed by atoms with Crippen LogP contribution >= 0.6 is 27.5 Å². The van der Waals surface area contributed by atoms with Crippen LogP contribution in [0.25, 0.3) is 0 Å². The van der Waals surface area contributed by atoms with E-state index < -0.39 is 0 Å². The Balaban J connectivity index is 2.14. The van der Waals surface area contributed by atoms with Gasteiger partial charge in [-0.3, -0.25) is 0 Å². The fourth-order valence-electron chi connectivity index (χ4n) is 1.99. The van der Waals surface area contributed by atoms with Crippen molar-refractivity contribution in [3.63, 3.8) is 0 Å². The molecule has 0 saturated heterocycles. The van der Waals surface area contributed by atoms with E-state index in [1.165, 1.54) is 5.56 Å². The van der Waals surface area contributed by atoms with Gasteiger partial charge in [0.1, 0.15) is 12.4 Å². The van der Waals surface area contributed by atoms with E-state index in [9.17, 15) is 0 Å². The SMILES string of the molecule is Cc1ccc(OCc2ccc(Br)cc2Cl)c(CCN)c1. The summed E-state index contributed by atoms with van der Waals surface area (Å²) in [7, 11) is 0. The van der Waals surface area contributed by atoms with E-state index in [1.54, 1.807) is 0 Å². The molecule has 2 rings (SSSR count). The standard InChI is InChI=1S/C16H17BrClNO/c1-11-2-5-16(12(8-11)6-7-19)20-10-13-3-4-14(17)9-15(13)18/h2-5,8-9H,6-7,10,19H2,1H3. The van der Waals surface area contributed by atoms with Crippen LogP contribution in [-0.4, -0.2) is 6.54 Å². The summed E-state index contributed by atoms with van der Waals surface area (Å²) in [6.07, 6.45) is 0.811. The van der Waals surface area contributed by atoms with Crippen molar-refractivity contribution in [3.05, 3.63) is 62.6 Å². The molecular formula is C16H17BrClNO. The van der Waals surface area contributed by atoms with Crippen LogP contribution in [0.2, 0.25) is 5.02 Å². The van der Waals surface area contributed by atoms with Gasteiger partial charge in [-0.1, -0.05) is 51.3 Å². The zero-order chi connectivity index (χ0) is 14.5. The second-order valence-electron chi connectivity index (χ2n) is 4.67. The quantitative estimate of drug-likeness (QED) is 0.858. The number of halogens is 2. The fraction of sp³-hybridized carbons (Fsp3) is 0.250. The van der Waals surface area contributed by atoms with Crippen LogP contribution in [0.15, 0.2) is 40.9 Å². The fourth-order valence-corrected chi connectivity index (χ4v) is 2.72. The molecule has 2 aromatic rings. The minimum atomic E-state index is 0.451. The van der Waals surface area contributed by atoms with E-state index in [2.05, 4.69) is 28.9 Å². The zero-order valence-electron chi connectivity index (χ0n) is 11.3. The lowest BCUT2D eigenvalue weighted by atomic mass is 10.1. The summed E-state index contributed by atoms with van der Waals surface area (Å²) in [5.41, 5.74) is 8.96. The minimum Gasteiger partial charge on any atom is -0.489 e. The van der Waals surface area contributed by atoms with E-state index in [4.69, 9.17) is 22.1 Å². The summed E-state index contributed by atoms with van der Waals surface area (Å²) in [5.74, 6) is 0.875. The molecule has 0 amide bonds. The highest BCUT2D eigenvalue weighted by Gasteiger charge is 2.06. The molecule has 0 fully saturated rings. The van der Waals surface area contributed by atoms with Crippen molar-refractivity contribution in [2.24, 2.45) is 5.73 Å².